The van der Waals surface area contributed by atoms with Crippen molar-refractivity contribution in [2.75, 3.05) is 17.7 Å². The monoisotopic (exact) mass is 441 g/mol. The van der Waals surface area contributed by atoms with E-state index >= 15 is 0 Å². The number of hydrogen-bond acceptors (Lipinski definition) is 4. The largest absolute Gasteiger partial charge is 0.497 e. The SMILES string of the molecule is CCc1ccc(NC(=O)Cn2c(=O)c(CNc3ccccc3)cc3ccc(OC)cc32)cc1. The number of pyridine rings is 1. The number of fused-ring (bicyclic) bond motifs is 1. The number of carbonyl (C=O) groups excluding carboxylic acids is 1. The first-order valence-electron chi connectivity index (χ1n) is 11.0. The van der Waals surface area contributed by atoms with Gasteiger partial charge < -0.3 is 15.4 Å². The maximum Gasteiger partial charge on any atom is 0.256 e. The lowest BCUT2D eigenvalue weighted by atomic mass is 10.1. The van der Waals surface area contributed by atoms with Crippen LogP contribution in [0.3, 0.4) is 0 Å². The van der Waals surface area contributed by atoms with Crippen molar-refractivity contribution < 1.29 is 9.53 Å². The fourth-order valence-electron chi connectivity index (χ4n) is 3.74. The van der Waals surface area contributed by atoms with Crippen molar-refractivity contribution in [1.29, 1.82) is 0 Å². The third-order valence-electron chi connectivity index (χ3n) is 5.58. The molecule has 4 rings (SSSR count). The van der Waals surface area contributed by atoms with Gasteiger partial charge in [0.15, 0.2) is 0 Å². The van der Waals surface area contributed by atoms with Crippen LogP contribution in [-0.4, -0.2) is 17.6 Å². The minimum Gasteiger partial charge on any atom is -0.497 e. The van der Waals surface area contributed by atoms with Crippen molar-refractivity contribution in [3.05, 3.63) is 100 Å². The molecular formula is C27H27N3O3. The van der Waals surface area contributed by atoms with Gasteiger partial charge in [-0.3, -0.25) is 14.2 Å². The van der Waals surface area contributed by atoms with Crippen LogP contribution in [0.2, 0.25) is 0 Å². The molecule has 1 amide bonds. The van der Waals surface area contributed by atoms with E-state index in [0.29, 0.717) is 29.1 Å². The Hall–Kier alpha value is -4.06. The van der Waals surface area contributed by atoms with Crippen LogP contribution in [0.1, 0.15) is 18.1 Å². The van der Waals surface area contributed by atoms with E-state index in [1.54, 1.807) is 13.2 Å². The summed E-state index contributed by atoms with van der Waals surface area (Å²) in [7, 11) is 1.58. The first-order valence-corrected chi connectivity index (χ1v) is 11.0. The number of rotatable bonds is 8. The quantitative estimate of drug-likeness (QED) is 0.411. The van der Waals surface area contributed by atoms with Crippen LogP contribution in [0.15, 0.2) is 83.7 Å². The van der Waals surface area contributed by atoms with E-state index in [-0.39, 0.29) is 18.0 Å². The molecule has 0 aliphatic rings. The van der Waals surface area contributed by atoms with Gasteiger partial charge in [0.1, 0.15) is 12.3 Å². The van der Waals surface area contributed by atoms with Crippen LogP contribution in [0.4, 0.5) is 11.4 Å². The van der Waals surface area contributed by atoms with Crippen molar-refractivity contribution in [2.24, 2.45) is 0 Å². The normalized spacial score (nSPS) is 10.7. The molecule has 0 unspecified atom stereocenters. The second kappa shape index (κ2) is 10.0. The first-order chi connectivity index (χ1) is 16.1. The van der Waals surface area contributed by atoms with E-state index in [4.69, 9.17) is 4.74 Å². The molecule has 0 aliphatic carbocycles. The van der Waals surface area contributed by atoms with Crippen molar-refractivity contribution >= 4 is 28.2 Å². The lowest BCUT2D eigenvalue weighted by molar-refractivity contribution is -0.116. The molecule has 168 valence electrons. The predicted molar refractivity (Wildman–Crippen MR) is 133 cm³/mol. The molecule has 0 atom stereocenters. The van der Waals surface area contributed by atoms with Crippen molar-refractivity contribution in [3.8, 4) is 5.75 Å². The van der Waals surface area contributed by atoms with Crippen molar-refractivity contribution in [3.63, 3.8) is 0 Å². The molecule has 0 saturated heterocycles. The Balaban J connectivity index is 1.65. The summed E-state index contributed by atoms with van der Waals surface area (Å²) in [6.45, 7) is 2.33. The molecule has 0 aliphatic heterocycles. The van der Waals surface area contributed by atoms with Crippen molar-refractivity contribution in [2.45, 2.75) is 26.4 Å². The van der Waals surface area contributed by atoms with Gasteiger partial charge in [0.05, 0.1) is 12.6 Å². The molecule has 4 aromatic rings. The summed E-state index contributed by atoms with van der Waals surface area (Å²) in [6.07, 6.45) is 0.932. The third-order valence-corrected chi connectivity index (χ3v) is 5.58. The zero-order valence-electron chi connectivity index (χ0n) is 18.8. The van der Waals surface area contributed by atoms with Gasteiger partial charge in [-0.2, -0.15) is 0 Å². The summed E-state index contributed by atoms with van der Waals surface area (Å²) < 4.78 is 6.86. The van der Waals surface area contributed by atoms with Gasteiger partial charge in [0.25, 0.3) is 5.56 Å². The number of amides is 1. The third kappa shape index (κ3) is 5.23. The summed E-state index contributed by atoms with van der Waals surface area (Å²) in [5, 5.41) is 7.04. The average Bonchev–Trinajstić information content (AvgIpc) is 2.85. The number of benzene rings is 3. The number of nitrogens with one attached hydrogen (secondary N) is 2. The van der Waals surface area contributed by atoms with E-state index in [0.717, 1.165) is 17.5 Å². The van der Waals surface area contributed by atoms with Crippen LogP contribution in [-0.2, 0) is 24.3 Å². The van der Waals surface area contributed by atoms with E-state index in [9.17, 15) is 9.59 Å². The molecule has 3 aromatic carbocycles. The molecule has 2 N–H and O–H groups in total. The fraction of sp³-hybridized carbons (Fsp3) is 0.185. The molecule has 33 heavy (non-hydrogen) atoms. The van der Waals surface area contributed by atoms with Crippen LogP contribution >= 0.6 is 0 Å². The van der Waals surface area contributed by atoms with E-state index in [1.165, 1.54) is 10.1 Å². The predicted octanol–water partition coefficient (Wildman–Crippen LogP) is 4.82. The smallest absolute Gasteiger partial charge is 0.256 e. The summed E-state index contributed by atoms with van der Waals surface area (Å²) in [5.74, 6) is 0.361. The Bertz CT molecular complexity index is 1310. The highest BCUT2D eigenvalue weighted by molar-refractivity contribution is 5.92. The van der Waals surface area contributed by atoms with Gasteiger partial charge in [0.2, 0.25) is 5.91 Å². The molecule has 1 heterocycles. The average molecular weight is 442 g/mol. The maximum absolute atomic E-state index is 13.4. The van der Waals surface area contributed by atoms with E-state index in [2.05, 4.69) is 17.6 Å². The lowest BCUT2D eigenvalue weighted by Crippen LogP contribution is -2.30. The molecule has 0 radical (unpaired) electrons. The number of aryl methyl sites for hydroxylation is 1. The summed E-state index contributed by atoms with van der Waals surface area (Å²) in [4.78, 5) is 26.2. The number of para-hydroxylation sites is 1. The van der Waals surface area contributed by atoms with Gasteiger partial charge >= 0.3 is 0 Å². The number of aromatic nitrogens is 1. The molecular weight excluding hydrogens is 414 g/mol. The summed E-state index contributed by atoms with van der Waals surface area (Å²) in [6, 6.07) is 24.8. The first kappa shape index (κ1) is 22.1. The zero-order valence-corrected chi connectivity index (χ0v) is 18.8. The van der Waals surface area contributed by atoms with Crippen molar-refractivity contribution in [1.82, 2.24) is 4.57 Å². The Labute approximate surface area is 192 Å². The lowest BCUT2D eigenvalue weighted by Gasteiger charge is -2.15. The highest BCUT2D eigenvalue weighted by Gasteiger charge is 2.14. The second-order valence-electron chi connectivity index (χ2n) is 7.80. The highest BCUT2D eigenvalue weighted by atomic mass is 16.5. The maximum atomic E-state index is 13.4. The zero-order chi connectivity index (χ0) is 23.2. The second-order valence-corrected chi connectivity index (χ2v) is 7.80. The minimum absolute atomic E-state index is 0.1000. The molecule has 0 saturated carbocycles. The Morgan fingerprint density at radius 3 is 2.39 bits per heavy atom. The minimum atomic E-state index is -0.265. The summed E-state index contributed by atoms with van der Waals surface area (Å²) in [5.41, 5.74) is 3.84. The van der Waals surface area contributed by atoms with Crippen LogP contribution < -0.4 is 20.9 Å². The number of methoxy groups -OCH3 is 1. The number of hydrogen-bond donors (Lipinski definition) is 2. The fourth-order valence-corrected chi connectivity index (χ4v) is 3.74. The van der Waals surface area contributed by atoms with Gasteiger partial charge in [-0.05, 0) is 59.8 Å². The van der Waals surface area contributed by atoms with Gasteiger partial charge in [0, 0.05) is 29.5 Å². The topological polar surface area (TPSA) is 72.4 Å². The highest BCUT2D eigenvalue weighted by Crippen LogP contribution is 2.21. The molecule has 6 heteroatoms. The van der Waals surface area contributed by atoms with Gasteiger partial charge in [-0.25, -0.2) is 0 Å². The van der Waals surface area contributed by atoms with E-state index in [1.807, 2.05) is 72.8 Å². The van der Waals surface area contributed by atoms with Gasteiger partial charge in [-0.1, -0.05) is 37.3 Å². The van der Waals surface area contributed by atoms with Crippen LogP contribution in [0.25, 0.3) is 10.9 Å². The van der Waals surface area contributed by atoms with E-state index < -0.39 is 0 Å². The molecule has 0 spiro atoms. The number of ether oxygens (including phenoxy) is 1. The number of carbonyl (C=O) groups is 1. The Morgan fingerprint density at radius 2 is 1.70 bits per heavy atom. The van der Waals surface area contributed by atoms with Crippen LogP contribution in [0.5, 0.6) is 5.75 Å². The number of nitrogens with zero attached hydrogens (tertiary/aromatic N) is 1. The Kier molecular flexibility index (Phi) is 6.74. The summed E-state index contributed by atoms with van der Waals surface area (Å²) >= 11 is 0. The molecule has 6 nitrogen and oxygen atoms in total. The Morgan fingerprint density at radius 1 is 0.939 bits per heavy atom. The number of anilines is 2. The standard InChI is InChI=1S/C27H27N3O3/c1-3-19-9-12-23(13-10-19)29-26(31)18-30-25-16-24(33-2)14-11-20(25)15-21(27(30)32)17-28-22-7-5-4-6-8-22/h4-16,28H,3,17-18H2,1-2H3,(H,29,31). The van der Waals surface area contributed by atoms with Crippen LogP contribution in [0, 0.1) is 0 Å². The molecule has 0 bridgehead atoms. The molecule has 0 fully saturated rings. The van der Waals surface area contributed by atoms with Gasteiger partial charge in [-0.15, -0.1) is 0 Å². The molecule has 1 aromatic heterocycles.